The Balaban J connectivity index is 1.51. The fourth-order valence-corrected chi connectivity index (χ4v) is 4.89. The van der Waals surface area contributed by atoms with Gasteiger partial charge >= 0.3 is 0 Å². The van der Waals surface area contributed by atoms with E-state index < -0.39 is 0 Å². The maximum atomic E-state index is 3.75. The first kappa shape index (κ1) is 14.8. The SMILES string of the molecule is CCC(C)(C)C1CCC(N2C[C@@H]3CCCN[C@@H]3C2)CC1. The van der Waals surface area contributed by atoms with E-state index in [1.807, 2.05) is 0 Å². The van der Waals surface area contributed by atoms with Gasteiger partial charge in [-0.2, -0.15) is 0 Å². The molecule has 0 amide bonds. The summed E-state index contributed by atoms with van der Waals surface area (Å²) in [7, 11) is 0. The fraction of sp³-hybridized carbons (Fsp3) is 1.00. The highest BCUT2D eigenvalue weighted by Crippen LogP contribution is 2.42. The molecule has 2 atom stereocenters. The third-order valence-electron chi connectivity index (χ3n) is 6.86. The topological polar surface area (TPSA) is 15.3 Å². The third-order valence-corrected chi connectivity index (χ3v) is 6.86. The molecule has 0 radical (unpaired) electrons. The zero-order chi connectivity index (χ0) is 14.2. The van der Waals surface area contributed by atoms with Gasteiger partial charge in [0.25, 0.3) is 0 Å². The smallest absolute Gasteiger partial charge is 0.0235 e. The van der Waals surface area contributed by atoms with Gasteiger partial charge < -0.3 is 5.32 Å². The van der Waals surface area contributed by atoms with Crippen molar-refractivity contribution in [1.29, 1.82) is 0 Å². The number of rotatable bonds is 3. The summed E-state index contributed by atoms with van der Waals surface area (Å²) in [5.41, 5.74) is 0.561. The lowest BCUT2D eigenvalue weighted by Gasteiger charge is -2.41. The van der Waals surface area contributed by atoms with E-state index in [1.165, 1.54) is 64.6 Å². The molecule has 0 bridgehead atoms. The van der Waals surface area contributed by atoms with Crippen molar-refractivity contribution in [2.75, 3.05) is 19.6 Å². The van der Waals surface area contributed by atoms with Crippen LogP contribution in [0.2, 0.25) is 0 Å². The van der Waals surface area contributed by atoms with Gasteiger partial charge in [0, 0.05) is 25.2 Å². The molecule has 0 unspecified atom stereocenters. The molecule has 2 nitrogen and oxygen atoms in total. The summed E-state index contributed by atoms with van der Waals surface area (Å²) >= 11 is 0. The van der Waals surface area contributed by atoms with Crippen LogP contribution in [0.1, 0.15) is 65.7 Å². The molecule has 20 heavy (non-hydrogen) atoms. The molecule has 3 aliphatic rings. The van der Waals surface area contributed by atoms with Crippen molar-refractivity contribution in [3.8, 4) is 0 Å². The van der Waals surface area contributed by atoms with E-state index in [-0.39, 0.29) is 0 Å². The Labute approximate surface area is 125 Å². The van der Waals surface area contributed by atoms with Crippen LogP contribution in [0.15, 0.2) is 0 Å². The van der Waals surface area contributed by atoms with Crippen LogP contribution < -0.4 is 5.32 Å². The first-order chi connectivity index (χ1) is 9.60. The molecule has 0 spiro atoms. The molecule has 0 aromatic heterocycles. The highest BCUT2D eigenvalue weighted by molar-refractivity contribution is 4.96. The predicted molar refractivity (Wildman–Crippen MR) is 85.9 cm³/mol. The molecule has 0 aromatic carbocycles. The maximum Gasteiger partial charge on any atom is 0.0235 e. The third kappa shape index (κ3) is 2.92. The van der Waals surface area contributed by atoms with E-state index in [4.69, 9.17) is 0 Å². The summed E-state index contributed by atoms with van der Waals surface area (Å²) in [5, 5.41) is 3.75. The summed E-state index contributed by atoms with van der Waals surface area (Å²) in [5.74, 6) is 1.92. The van der Waals surface area contributed by atoms with Crippen molar-refractivity contribution < 1.29 is 0 Å². The number of nitrogens with one attached hydrogen (secondary N) is 1. The second-order valence-electron chi connectivity index (χ2n) is 8.26. The minimum absolute atomic E-state index is 0.561. The molecule has 2 saturated heterocycles. The van der Waals surface area contributed by atoms with E-state index >= 15 is 0 Å². The van der Waals surface area contributed by atoms with Crippen molar-refractivity contribution in [3.63, 3.8) is 0 Å². The summed E-state index contributed by atoms with van der Waals surface area (Å²) in [6.45, 7) is 11.3. The lowest BCUT2D eigenvalue weighted by Crippen LogP contribution is -2.42. The van der Waals surface area contributed by atoms with Gasteiger partial charge in [0.2, 0.25) is 0 Å². The van der Waals surface area contributed by atoms with Crippen LogP contribution in [0.25, 0.3) is 0 Å². The molecule has 2 heterocycles. The molecule has 2 aliphatic heterocycles. The zero-order valence-electron chi connectivity index (χ0n) is 13.8. The Morgan fingerprint density at radius 1 is 1.05 bits per heavy atom. The lowest BCUT2D eigenvalue weighted by molar-refractivity contribution is 0.0950. The van der Waals surface area contributed by atoms with Crippen LogP contribution in [0.3, 0.4) is 0 Å². The molecule has 3 fully saturated rings. The average molecular weight is 278 g/mol. The quantitative estimate of drug-likeness (QED) is 0.847. The van der Waals surface area contributed by atoms with E-state index in [0.29, 0.717) is 5.41 Å². The molecular formula is C18H34N2. The van der Waals surface area contributed by atoms with Crippen LogP contribution in [0.5, 0.6) is 0 Å². The Hall–Kier alpha value is -0.0800. The molecule has 1 aliphatic carbocycles. The highest BCUT2D eigenvalue weighted by Gasteiger charge is 2.39. The predicted octanol–water partition coefficient (Wildman–Crippen LogP) is 3.67. The van der Waals surface area contributed by atoms with Crippen LogP contribution >= 0.6 is 0 Å². The average Bonchev–Trinajstić information content (AvgIpc) is 2.91. The minimum atomic E-state index is 0.561. The van der Waals surface area contributed by atoms with Crippen LogP contribution in [-0.2, 0) is 0 Å². The number of hydrogen-bond donors (Lipinski definition) is 1. The molecule has 116 valence electrons. The first-order valence-electron chi connectivity index (χ1n) is 9.07. The standard InChI is InChI=1S/C18H34N2/c1-4-18(2,3)15-7-9-16(10-8-15)20-12-14-6-5-11-19-17(14)13-20/h14-17,19H,4-13H2,1-3H3/t14-,15?,16?,17+/m0/s1. The monoisotopic (exact) mass is 278 g/mol. The van der Waals surface area contributed by atoms with Crippen molar-refractivity contribution in [1.82, 2.24) is 10.2 Å². The van der Waals surface area contributed by atoms with Gasteiger partial charge in [0.1, 0.15) is 0 Å². The van der Waals surface area contributed by atoms with E-state index in [9.17, 15) is 0 Å². The van der Waals surface area contributed by atoms with Crippen LogP contribution in [0, 0.1) is 17.3 Å². The molecular weight excluding hydrogens is 244 g/mol. The van der Waals surface area contributed by atoms with Crippen molar-refractivity contribution in [2.45, 2.75) is 77.8 Å². The number of hydrogen-bond acceptors (Lipinski definition) is 2. The molecule has 0 aromatic rings. The number of piperidine rings is 1. The minimum Gasteiger partial charge on any atom is -0.312 e. The summed E-state index contributed by atoms with van der Waals surface area (Å²) in [6.07, 6.45) is 10.0. The second kappa shape index (κ2) is 5.96. The van der Waals surface area contributed by atoms with E-state index in [0.717, 1.165) is 23.9 Å². The normalized spacial score (nSPS) is 39.8. The van der Waals surface area contributed by atoms with E-state index in [2.05, 4.69) is 31.0 Å². The second-order valence-corrected chi connectivity index (χ2v) is 8.26. The molecule has 1 N–H and O–H groups in total. The maximum absolute atomic E-state index is 3.75. The highest BCUT2D eigenvalue weighted by atomic mass is 15.2. The zero-order valence-corrected chi connectivity index (χ0v) is 13.8. The fourth-order valence-electron chi connectivity index (χ4n) is 4.89. The Morgan fingerprint density at radius 2 is 1.80 bits per heavy atom. The summed E-state index contributed by atoms with van der Waals surface area (Å²) < 4.78 is 0. The van der Waals surface area contributed by atoms with Crippen LogP contribution in [0.4, 0.5) is 0 Å². The Bertz CT molecular complexity index is 303. The van der Waals surface area contributed by atoms with Gasteiger partial charge in [0.15, 0.2) is 0 Å². The molecule has 3 rings (SSSR count). The van der Waals surface area contributed by atoms with Gasteiger partial charge in [-0.25, -0.2) is 0 Å². The summed E-state index contributed by atoms with van der Waals surface area (Å²) in [6, 6.07) is 1.71. The van der Waals surface area contributed by atoms with Gasteiger partial charge in [-0.05, 0) is 62.3 Å². The number of likely N-dealkylation sites (tertiary alicyclic amines) is 1. The van der Waals surface area contributed by atoms with Crippen molar-refractivity contribution in [2.24, 2.45) is 17.3 Å². The Kier molecular flexibility index (Phi) is 4.42. The Morgan fingerprint density at radius 3 is 2.45 bits per heavy atom. The number of fused-ring (bicyclic) bond motifs is 1. The molecule has 1 saturated carbocycles. The van der Waals surface area contributed by atoms with Gasteiger partial charge in [0.05, 0.1) is 0 Å². The van der Waals surface area contributed by atoms with Gasteiger partial charge in [-0.3, -0.25) is 4.90 Å². The largest absolute Gasteiger partial charge is 0.312 e. The first-order valence-corrected chi connectivity index (χ1v) is 9.07. The van der Waals surface area contributed by atoms with Crippen LogP contribution in [-0.4, -0.2) is 36.6 Å². The lowest BCUT2D eigenvalue weighted by atomic mass is 9.68. The van der Waals surface area contributed by atoms with Crippen molar-refractivity contribution in [3.05, 3.63) is 0 Å². The van der Waals surface area contributed by atoms with Gasteiger partial charge in [-0.1, -0.05) is 27.2 Å². The van der Waals surface area contributed by atoms with Gasteiger partial charge in [-0.15, -0.1) is 0 Å². The number of nitrogens with zero attached hydrogens (tertiary/aromatic N) is 1. The molecule has 2 heteroatoms. The van der Waals surface area contributed by atoms with E-state index in [1.54, 1.807) is 0 Å². The summed E-state index contributed by atoms with van der Waals surface area (Å²) in [4.78, 5) is 2.84. The van der Waals surface area contributed by atoms with Crippen molar-refractivity contribution >= 4 is 0 Å².